The smallest absolute Gasteiger partial charge is 0.309 e. The predicted molar refractivity (Wildman–Crippen MR) is 119 cm³/mol. The van der Waals surface area contributed by atoms with E-state index in [0.717, 1.165) is 33.3 Å². The lowest BCUT2D eigenvalue weighted by molar-refractivity contribution is -0.139. The van der Waals surface area contributed by atoms with Crippen molar-refractivity contribution in [3.8, 4) is 0 Å². The number of H-pyrrole nitrogens is 2. The lowest BCUT2D eigenvalue weighted by Gasteiger charge is -2.07. The molecule has 8 heteroatoms. The highest BCUT2D eigenvalue weighted by molar-refractivity contribution is 6.35. The van der Waals surface area contributed by atoms with Gasteiger partial charge in [0.1, 0.15) is 11.6 Å². The molecule has 0 aliphatic rings. The van der Waals surface area contributed by atoms with E-state index in [4.69, 9.17) is 0 Å². The molecular weight excluding hydrogens is 414 g/mol. The highest BCUT2D eigenvalue weighted by atomic mass is 19.1. The molecule has 0 atom stereocenters. The first-order valence-electron chi connectivity index (χ1n) is 10.4. The first-order chi connectivity index (χ1) is 15.4. The van der Waals surface area contributed by atoms with Crippen LogP contribution in [0, 0.1) is 25.5 Å². The molecule has 4 N–H and O–H groups in total. The van der Waals surface area contributed by atoms with E-state index >= 15 is 0 Å². The topological polar surface area (TPSA) is 89.8 Å². The van der Waals surface area contributed by atoms with E-state index in [0.29, 0.717) is 23.9 Å². The van der Waals surface area contributed by atoms with E-state index in [-0.39, 0.29) is 24.7 Å². The van der Waals surface area contributed by atoms with Gasteiger partial charge in [-0.2, -0.15) is 0 Å². The van der Waals surface area contributed by atoms with Gasteiger partial charge in [-0.15, -0.1) is 0 Å². The van der Waals surface area contributed by atoms with Crippen LogP contribution >= 0.6 is 0 Å². The van der Waals surface area contributed by atoms with Crippen LogP contribution in [0.5, 0.6) is 0 Å². The van der Waals surface area contributed by atoms with Crippen LogP contribution in [0.2, 0.25) is 0 Å². The van der Waals surface area contributed by atoms with Crippen LogP contribution in [-0.2, 0) is 22.4 Å². The molecule has 0 radical (unpaired) electrons. The molecule has 166 valence electrons. The van der Waals surface area contributed by atoms with Crippen molar-refractivity contribution in [3.63, 3.8) is 0 Å². The molecule has 0 unspecified atom stereocenters. The molecule has 0 saturated heterocycles. The van der Waals surface area contributed by atoms with Gasteiger partial charge < -0.3 is 20.6 Å². The number of amides is 2. The zero-order valence-electron chi connectivity index (χ0n) is 17.9. The molecule has 4 aromatic rings. The van der Waals surface area contributed by atoms with E-state index < -0.39 is 11.8 Å². The minimum Gasteiger partial charge on any atom is -0.356 e. The normalized spacial score (nSPS) is 11.2. The number of aromatic amines is 2. The maximum Gasteiger partial charge on any atom is 0.309 e. The molecule has 2 heterocycles. The number of fused-ring (bicyclic) bond motifs is 2. The Kier molecular flexibility index (Phi) is 5.94. The van der Waals surface area contributed by atoms with E-state index in [9.17, 15) is 18.4 Å². The summed E-state index contributed by atoms with van der Waals surface area (Å²) >= 11 is 0. The van der Waals surface area contributed by atoms with Crippen molar-refractivity contribution in [3.05, 3.63) is 70.5 Å². The summed E-state index contributed by atoms with van der Waals surface area (Å²) < 4.78 is 27.8. The van der Waals surface area contributed by atoms with Crippen molar-refractivity contribution in [2.45, 2.75) is 26.7 Å². The molecule has 0 spiro atoms. The lowest BCUT2D eigenvalue weighted by atomic mass is 10.1. The average Bonchev–Trinajstić information content (AvgIpc) is 3.26. The number of aromatic nitrogens is 2. The van der Waals surface area contributed by atoms with Crippen molar-refractivity contribution < 1.29 is 18.4 Å². The van der Waals surface area contributed by atoms with E-state index in [2.05, 4.69) is 20.6 Å². The van der Waals surface area contributed by atoms with Crippen LogP contribution in [0.25, 0.3) is 21.8 Å². The van der Waals surface area contributed by atoms with Crippen molar-refractivity contribution in [2.24, 2.45) is 0 Å². The zero-order chi connectivity index (χ0) is 22.8. The molecule has 4 rings (SSSR count). The number of hydrogen-bond donors (Lipinski definition) is 4. The quantitative estimate of drug-likeness (QED) is 0.347. The maximum atomic E-state index is 13.9. The SMILES string of the molecule is Cc1[nH]c2c(F)cccc2c1CCNC(=O)C(=O)NCCc1c(C)[nH]c2c(F)cccc12. The second-order valence-corrected chi connectivity index (χ2v) is 7.79. The highest BCUT2D eigenvalue weighted by Gasteiger charge is 2.16. The summed E-state index contributed by atoms with van der Waals surface area (Å²) in [6.07, 6.45) is 0.933. The van der Waals surface area contributed by atoms with Crippen molar-refractivity contribution in [1.29, 1.82) is 0 Å². The number of carbonyl (C=O) groups is 2. The fourth-order valence-electron chi connectivity index (χ4n) is 4.14. The monoisotopic (exact) mass is 438 g/mol. The number of para-hydroxylation sites is 2. The maximum absolute atomic E-state index is 13.9. The number of hydrogen-bond acceptors (Lipinski definition) is 2. The molecule has 6 nitrogen and oxygen atoms in total. The molecular formula is C24H24F2N4O2. The fraction of sp³-hybridized carbons (Fsp3) is 0.250. The Morgan fingerprint density at radius 1 is 0.750 bits per heavy atom. The van der Waals surface area contributed by atoms with Gasteiger partial charge >= 0.3 is 11.8 Å². The van der Waals surface area contributed by atoms with Crippen LogP contribution < -0.4 is 10.6 Å². The van der Waals surface area contributed by atoms with Gasteiger partial charge in [-0.1, -0.05) is 24.3 Å². The number of nitrogens with one attached hydrogen (secondary N) is 4. The third-order valence-corrected chi connectivity index (χ3v) is 5.74. The standard InChI is InChI=1S/C24H24F2N4O2/c1-13-15(17-5-3-7-19(25)21(17)29-13)9-11-27-23(31)24(32)28-12-10-16-14(2)30-22-18(16)6-4-8-20(22)26/h3-8,29-30H,9-12H2,1-2H3,(H,27,31)(H,28,32). The number of halogens is 2. The lowest BCUT2D eigenvalue weighted by Crippen LogP contribution is -2.41. The molecule has 0 bridgehead atoms. The second kappa shape index (κ2) is 8.82. The molecule has 0 saturated carbocycles. The zero-order valence-corrected chi connectivity index (χ0v) is 17.9. The van der Waals surface area contributed by atoms with Gasteiger partial charge in [0, 0.05) is 35.2 Å². The summed E-state index contributed by atoms with van der Waals surface area (Å²) in [5.74, 6) is -2.10. The van der Waals surface area contributed by atoms with Gasteiger partial charge in [-0.3, -0.25) is 9.59 Å². The Morgan fingerprint density at radius 2 is 1.16 bits per heavy atom. The number of carbonyl (C=O) groups excluding carboxylic acids is 2. The summed E-state index contributed by atoms with van der Waals surface area (Å²) in [5.41, 5.74) is 4.35. The summed E-state index contributed by atoms with van der Waals surface area (Å²) in [5, 5.41) is 6.75. The Bertz CT molecular complexity index is 1220. The van der Waals surface area contributed by atoms with Crippen LogP contribution in [0.3, 0.4) is 0 Å². The van der Waals surface area contributed by atoms with Gasteiger partial charge in [0.25, 0.3) is 0 Å². The predicted octanol–water partition coefficient (Wildman–Crippen LogP) is 3.56. The van der Waals surface area contributed by atoms with Crippen molar-refractivity contribution in [2.75, 3.05) is 13.1 Å². The number of aryl methyl sites for hydroxylation is 2. The van der Waals surface area contributed by atoms with Gasteiger partial charge in [0.15, 0.2) is 0 Å². The minimum absolute atomic E-state index is 0.247. The molecule has 0 aliphatic carbocycles. The van der Waals surface area contributed by atoms with E-state index in [1.54, 1.807) is 12.1 Å². The summed E-state index contributed by atoms with van der Waals surface area (Å²) in [7, 11) is 0. The van der Waals surface area contributed by atoms with Gasteiger partial charge in [0.05, 0.1) is 11.0 Å². The van der Waals surface area contributed by atoms with E-state index in [1.165, 1.54) is 12.1 Å². The first kappa shape index (κ1) is 21.5. The molecule has 0 aliphatic heterocycles. The Labute approximate surface area is 183 Å². The molecule has 2 aromatic carbocycles. The largest absolute Gasteiger partial charge is 0.356 e. The van der Waals surface area contributed by atoms with Crippen LogP contribution in [0.15, 0.2) is 36.4 Å². The minimum atomic E-state index is -0.727. The number of benzene rings is 2. The molecule has 2 aromatic heterocycles. The van der Waals surface area contributed by atoms with Gasteiger partial charge in [-0.05, 0) is 49.9 Å². The summed E-state index contributed by atoms with van der Waals surface area (Å²) in [6.45, 7) is 4.19. The Balaban J connectivity index is 1.30. The molecule has 2 amide bonds. The third kappa shape index (κ3) is 4.08. The second-order valence-electron chi connectivity index (χ2n) is 7.79. The molecule has 32 heavy (non-hydrogen) atoms. The van der Waals surface area contributed by atoms with Gasteiger partial charge in [0.2, 0.25) is 0 Å². The highest BCUT2D eigenvalue weighted by Crippen LogP contribution is 2.25. The molecule has 0 fully saturated rings. The van der Waals surface area contributed by atoms with Crippen LogP contribution in [0.1, 0.15) is 22.5 Å². The Hall–Kier alpha value is -3.68. The average molecular weight is 438 g/mol. The summed E-state index contributed by atoms with van der Waals surface area (Å²) in [4.78, 5) is 30.3. The third-order valence-electron chi connectivity index (χ3n) is 5.74. The summed E-state index contributed by atoms with van der Waals surface area (Å²) in [6, 6.07) is 9.72. The van der Waals surface area contributed by atoms with Crippen molar-refractivity contribution in [1.82, 2.24) is 20.6 Å². The Morgan fingerprint density at radius 3 is 1.56 bits per heavy atom. The van der Waals surface area contributed by atoms with Crippen LogP contribution in [-0.4, -0.2) is 34.9 Å². The first-order valence-corrected chi connectivity index (χ1v) is 10.4. The van der Waals surface area contributed by atoms with E-state index in [1.807, 2.05) is 26.0 Å². The fourth-order valence-corrected chi connectivity index (χ4v) is 4.14. The number of rotatable bonds is 6. The van der Waals surface area contributed by atoms with Crippen molar-refractivity contribution >= 4 is 33.6 Å². The van der Waals surface area contributed by atoms with Gasteiger partial charge in [-0.25, -0.2) is 8.78 Å². The van der Waals surface area contributed by atoms with Crippen LogP contribution in [0.4, 0.5) is 8.78 Å².